The minimum atomic E-state index is 0.268. The molecular formula is C13H19N5. The summed E-state index contributed by atoms with van der Waals surface area (Å²) in [6.07, 6.45) is 9.55. The highest BCUT2D eigenvalue weighted by molar-refractivity contribution is 5.16. The van der Waals surface area contributed by atoms with Crippen molar-refractivity contribution in [2.24, 2.45) is 7.05 Å². The van der Waals surface area contributed by atoms with Gasteiger partial charge in [-0.05, 0) is 36.6 Å². The average Bonchev–Trinajstić information content (AvgIpc) is 2.81. The van der Waals surface area contributed by atoms with Crippen LogP contribution in [0.4, 0.5) is 0 Å². The molecule has 2 aromatic heterocycles. The molecule has 1 N–H and O–H groups in total. The van der Waals surface area contributed by atoms with Crippen molar-refractivity contribution in [3.63, 3.8) is 0 Å². The number of aromatic nitrogens is 4. The Hall–Kier alpha value is -1.75. The Morgan fingerprint density at radius 3 is 2.83 bits per heavy atom. The van der Waals surface area contributed by atoms with Crippen molar-refractivity contribution in [1.29, 1.82) is 0 Å². The van der Waals surface area contributed by atoms with Gasteiger partial charge in [-0.1, -0.05) is 6.92 Å². The maximum atomic E-state index is 4.20. The molecule has 2 rings (SSSR count). The van der Waals surface area contributed by atoms with Gasteiger partial charge in [-0.3, -0.25) is 4.68 Å². The summed E-state index contributed by atoms with van der Waals surface area (Å²) >= 11 is 0. The molecule has 0 spiro atoms. The predicted octanol–water partition coefficient (Wildman–Crippen LogP) is 1.49. The van der Waals surface area contributed by atoms with E-state index in [0.29, 0.717) is 0 Å². The Morgan fingerprint density at radius 2 is 2.22 bits per heavy atom. The van der Waals surface area contributed by atoms with Crippen LogP contribution in [0.3, 0.4) is 0 Å². The average molecular weight is 245 g/mol. The van der Waals surface area contributed by atoms with Crippen molar-refractivity contribution < 1.29 is 0 Å². The van der Waals surface area contributed by atoms with Crippen LogP contribution in [0.25, 0.3) is 0 Å². The van der Waals surface area contributed by atoms with Gasteiger partial charge in [0.15, 0.2) is 0 Å². The van der Waals surface area contributed by atoms with Gasteiger partial charge in [0, 0.05) is 25.5 Å². The zero-order chi connectivity index (χ0) is 12.8. The van der Waals surface area contributed by atoms with E-state index in [2.05, 4.69) is 33.7 Å². The molecule has 0 aliphatic rings. The van der Waals surface area contributed by atoms with Crippen molar-refractivity contribution in [3.05, 3.63) is 42.0 Å². The first-order chi connectivity index (χ1) is 8.79. The normalized spacial score (nSPS) is 12.6. The van der Waals surface area contributed by atoms with Gasteiger partial charge in [-0.15, -0.1) is 0 Å². The Balaban J connectivity index is 2.10. The van der Waals surface area contributed by atoms with Crippen LogP contribution in [0, 0.1) is 0 Å². The van der Waals surface area contributed by atoms with Crippen molar-refractivity contribution in [2.75, 3.05) is 6.54 Å². The fourth-order valence-electron chi connectivity index (χ4n) is 1.95. The zero-order valence-corrected chi connectivity index (χ0v) is 10.9. The topological polar surface area (TPSA) is 55.6 Å². The minimum Gasteiger partial charge on any atom is -0.310 e. The molecule has 5 heteroatoms. The zero-order valence-electron chi connectivity index (χ0n) is 10.9. The fraction of sp³-hybridized carbons (Fsp3) is 0.462. The molecule has 1 atom stereocenters. The van der Waals surface area contributed by atoms with E-state index in [-0.39, 0.29) is 6.04 Å². The highest BCUT2D eigenvalue weighted by Gasteiger charge is 2.12. The molecule has 0 saturated carbocycles. The number of hydrogen-bond donors (Lipinski definition) is 1. The first-order valence-electron chi connectivity index (χ1n) is 6.27. The van der Waals surface area contributed by atoms with Crippen LogP contribution in [-0.2, 0) is 13.5 Å². The summed E-state index contributed by atoms with van der Waals surface area (Å²) in [5.41, 5.74) is 2.39. The van der Waals surface area contributed by atoms with Gasteiger partial charge < -0.3 is 5.32 Å². The molecule has 2 heterocycles. The molecule has 0 saturated heterocycles. The second kappa shape index (κ2) is 6.26. The molecular weight excluding hydrogens is 226 g/mol. The molecule has 2 aromatic rings. The van der Waals surface area contributed by atoms with Gasteiger partial charge in [0.05, 0.1) is 12.4 Å². The molecule has 0 aliphatic heterocycles. The highest BCUT2D eigenvalue weighted by Crippen LogP contribution is 2.16. The SMILES string of the molecule is CCCNC(Cc1cnn(C)c1)c1ccnnc1. The molecule has 0 fully saturated rings. The lowest BCUT2D eigenvalue weighted by Gasteiger charge is -2.17. The summed E-state index contributed by atoms with van der Waals surface area (Å²) in [4.78, 5) is 0. The standard InChI is InChI=1S/C13H19N5/c1-3-5-14-13(12-4-6-15-16-9-12)7-11-8-17-18(2)10-11/h4,6,8-10,13-14H,3,5,7H2,1-2H3. The highest BCUT2D eigenvalue weighted by atomic mass is 15.2. The summed E-state index contributed by atoms with van der Waals surface area (Å²) in [7, 11) is 1.94. The molecule has 18 heavy (non-hydrogen) atoms. The van der Waals surface area contributed by atoms with E-state index >= 15 is 0 Å². The number of nitrogens with one attached hydrogen (secondary N) is 1. The summed E-state index contributed by atoms with van der Waals surface area (Å²) in [6, 6.07) is 2.28. The lowest BCUT2D eigenvalue weighted by atomic mass is 10.0. The van der Waals surface area contributed by atoms with E-state index in [4.69, 9.17) is 0 Å². The Bertz CT molecular complexity index is 465. The largest absolute Gasteiger partial charge is 0.310 e. The fourth-order valence-corrected chi connectivity index (χ4v) is 1.95. The maximum absolute atomic E-state index is 4.20. The minimum absolute atomic E-state index is 0.268. The third-order valence-electron chi connectivity index (χ3n) is 2.85. The Kier molecular flexibility index (Phi) is 4.41. The summed E-state index contributed by atoms with van der Waals surface area (Å²) < 4.78 is 1.83. The number of aryl methyl sites for hydroxylation is 1. The van der Waals surface area contributed by atoms with Gasteiger partial charge in [-0.2, -0.15) is 15.3 Å². The van der Waals surface area contributed by atoms with Crippen molar-refractivity contribution >= 4 is 0 Å². The third-order valence-corrected chi connectivity index (χ3v) is 2.85. The number of rotatable bonds is 6. The van der Waals surface area contributed by atoms with Crippen molar-refractivity contribution in [3.8, 4) is 0 Å². The van der Waals surface area contributed by atoms with Gasteiger partial charge >= 0.3 is 0 Å². The summed E-state index contributed by atoms with van der Waals surface area (Å²) in [5, 5.41) is 15.5. The van der Waals surface area contributed by atoms with Gasteiger partial charge in [0.25, 0.3) is 0 Å². The number of nitrogens with zero attached hydrogens (tertiary/aromatic N) is 4. The molecule has 0 aliphatic carbocycles. The van der Waals surface area contributed by atoms with Crippen LogP contribution in [0.5, 0.6) is 0 Å². The van der Waals surface area contributed by atoms with E-state index < -0.39 is 0 Å². The van der Waals surface area contributed by atoms with Crippen LogP contribution in [0.15, 0.2) is 30.9 Å². The van der Waals surface area contributed by atoms with Crippen LogP contribution in [-0.4, -0.2) is 26.5 Å². The first-order valence-corrected chi connectivity index (χ1v) is 6.27. The van der Waals surface area contributed by atoms with E-state index in [1.807, 2.05) is 30.2 Å². The maximum Gasteiger partial charge on any atom is 0.0544 e. The van der Waals surface area contributed by atoms with Crippen LogP contribution < -0.4 is 5.32 Å². The molecule has 1 unspecified atom stereocenters. The van der Waals surface area contributed by atoms with Gasteiger partial charge in [0.2, 0.25) is 0 Å². The van der Waals surface area contributed by atoms with Crippen LogP contribution in [0.1, 0.15) is 30.5 Å². The molecule has 0 bridgehead atoms. The van der Waals surface area contributed by atoms with Gasteiger partial charge in [-0.25, -0.2) is 0 Å². The van der Waals surface area contributed by atoms with Gasteiger partial charge in [0.1, 0.15) is 0 Å². The molecule has 0 amide bonds. The second-order valence-corrected chi connectivity index (χ2v) is 4.41. The van der Waals surface area contributed by atoms with Crippen molar-refractivity contribution in [2.45, 2.75) is 25.8 Å². The lowest BCUT2D eigenvalue weighted by Crippen LogP contribution is -2.24. The second-order valence-electron chi connectivity index (χ2n) is 4.41. The summed E-state index contributed by atoms with van der Waals surface area (Å²) in [6.45, 7) is 3.16. The van der Waals surface area contributed by atoms with E-state index in [1.165, 1.54) is 11.1 Å². The molecule has 5 nitrogen and oxygen atoms in total. The predicted molar refractivity (Wildman–Crippen MR) is 70.0 cm³/mol. The molecule has 0 aromatic carbocycles. The van der Waals surface area contributed by atoms with Crippen molar-refractivity contribution in [1.82, 2.24) is 25.3 Å². The number of hydrogen-bond acceptors (Lipinski definition) is 4. The molecule has 96 valence electrons. The van der Waals surface area contributed by atoms with E-state index in [0.717, 1.165) is 19.4 Å². The van der Waals surface area contributed by atoms with E-state index in [1.54, 1.807) is 6.20 Å². The quantitative estimate of drug-likeness (QED) is 0.838. The lowest BCUT2D eigenvalue weighted by molar-refractivity contribution is 0.526. The Labute approximate surface area is 107 Å². The van der Waals surface area contributed by atoms with Crippen LogP contribution in [0.2, 0.25) is 0 Å². The smallest absolute Gasteiger partial charge is 0.0544 e. The molecule has 0 radical (unpaired) electrons. The summed E-state index contributed by atoms with van der Waals surface area (Å²) in [5.74, 6) is 0. The van der Waals surface area contributed by atoms with E-state index in [9.17, 15) is 0 Å². The Morgan fingerprint density at radius 1 is 1.33 bits per heavy atom. The third kappa shape index (κ3) is 3.37. The van der Waals surface area contributed by atoms with Crippen LogP contribution >= 0.6 is 0 Å². The first kappa shape index (κ1) is 12.7. The monoisotopic (exact) mass is 245 g/mol.